The van der Waals surface area contributed by atoms with Crippen molar-refractivity contribution in [3.63, 3.8) is 0 Å². The van der Waals surface area contributed by atoms with Crippen LogP contribution in [-0.4, -0.2) is 38.2 Å². The number of alkyl halides is 1. The van der Waals surface area contributed by atoms with Gasteiger partial charge in [-0.25, -0.2) is 9.07 Å². The van der Waals surface area contributed by atoms with Crippen LogP contribution < -0.4 is 0 Å². The van der Waals surface area contributed by atoms with E-state index in [9.17, 15) is 14.3 Å². The summed E-state index contributed by atoms with van der Waals surface area (Å²) in [6.07, 6.45) is 12.5. The molecule has 5 rings (SSSR count). The Balaban J connectivity index is 1.31. The van der Waals surface area contributed by atoms with E-state index in [1.807, 2.05) is 0 Å². The van der Waals surface area contributed by atoms with Crippen LogP contribution in [0.2, 0.25) is 0 Å². The van der Waals surface area contributed by atoms with Gasteiger partial charge in [0.25, 0.3) is 0 Å². The van der Waals surface area contributed by atoms with E-state index in [1.165, 1.54) is 12.8 Å². The van der Waals surface area contributed by atoms with E-state index in [2.05, 4.69) is 17.2 Å². The van der Waals surface area contributed by atoms with Gasteiger partial charge in [0.15, 0.2) is 5.78 Å². The van der Waals surface area contributed by atoms with Crippen LogP contribution in [0.25, 0.3) is 0 Å². The van der Waals surface area contributed by atoms with E-state index in [4.69, 9.17) is 0 Å². The lowest BCUT2D eigenvalue weighted by molar-refractivity contribution is -0.134. The molecule has 8 atom stereocenters. The Bertz CT molecular complexity index is 755. The highest BCUT2D eigenvalue weighted by atomic mass is 19.1. The van der Waals surface area contributed by atoms with Gasteiger partial charge >= 0.3 is 0 Å². The lowest BCUT2D eigenvalue weighted by Gasteiger charge is -2.56. The highest BCUT2D eigenvalue weighted by molar-refractivity contribution is 5.82. The largest absolute Gasteiger partial charge is 0.387 e. The molecule has 29 heavy (non-hydrogen) atoms. The Kier molecular flexibility index (Phi) is 4.84. The number of halogens is 1. The predicted octanol–water partition coefficient (Wildman–Crippen LogP) is 3.82. The maximum atomic E-state index is 13.3. The first-order valence-electron chi connectivity index (χ1n) is 11.6. The molecule has 1 aromatic rings. The topological polar surface area (TPSA) is 68.0 Å². The zero-order chi connectivity index (χ0) is 20.2. The maximum absolute atomic E-state index is 13.3. The van der Waals surface area contributed by atoms with E-state index in [-0.39, 0.29) is 11.3 Å². The maximum Gasteiger partial charge on any atom is 0.157 e. The minimum Gasteiger partial charge on any atom is -0.387 e. The van der Waals surface area contributed by atoms with Gasteiger partial charge < -0.3 is 5.11 Å². The van der Waals surface area contributed by atoms with E-state index in [0.717, 1.165) is 32.1 Å². The monoisotopic (exact) mass is 403 g/mol. The van der Waals surface area contributed by atoms with Gasteiger partial charge in [-0.3, -0.25) is 4.79 Å². The van der Waals surface area contributed by atoms with Crippen LogP contribution in [0.1, 0.15) is 64.7 Å². The summed E-state index contributed by atoms with van der Waals surface area (Å²) in [5.41, 5.74) is -0.955. The molecule has 0 spiro atoms. The number of aromatic nitrogens is 3. The predicted molar refractivity (Wildman–Crippen MR) is 107 cm³/mol. The van der Waals surface area contributed by atoms with E-state index in [1.54, 1.807) is 17.1 Å². The molecule has 0 bridgehead atoms. The highest BCUT2D eigenvalue weighted by Crippen LogP contribution is 2.64. The van der Waals surface area contributed by atoms with E-state index >= 15 is 0 Å². The highest BCUT2D eigenvalue weighted by Gasteiger charge is 2.59. The molecule has 0 aliphatic heterocycles. The molecule has 0 saturated heterocycles. The Morgan fingerprint density at radius 3 is 2.72 bits per heavy atom. The summed E-state index contributed by atoms with van der Waals surface area (Å²) in [5.74, 6) is 3.64. The minimum atomic E-state index is -1.07. The second kappa shape index (κ2) is 7.14. The Morgan fingerprint density at radius 2 is 1.97 bits per heavy atom. The molecule has 0 aromatic carbocycles. The van der Waals surface area contributed by atoms with E-state index < -0.39 is 12.3 Å². The van der Waals surface area contributed by atoms with Crippen LogP contribution in [0.3, 0.4) is 0 Å². The van der Waals surface area contributed by atoms with Crippen LogP contribution in [0.5, 0.6) is 0 Å². The Morgan fingerprint density at radius 1 is 1.14 bits per heavy atom. The molecule has 0 radical (unpaired) electrons. The first-order chi connectivity index (χ1) is 13.9. The van der Waals surface area contributed by atoms with Crippen molar-refractivity contribution in [2.24, 2.45) is 40.9 Å². The summed E-state index contributed by atoms with van der Waals surface area (Å²) in [6, 6.07) is 0. The molecule has 1 heterocycles. The first-order valence-corrected chi connectivity index (χ1v) is 11.6. The molecule has 1 N–H and O–H groups in total. The van der Waals surface area contributed by atoms with Gasteiger partial charge in [0.05, 0.1) is 11.8 Å². The van der Waals surface area contributed by atoms with Crippen molar-refractivity contribution < 1.29 is 14.3 Å². The summed E-state index contributed by atoms with van der Waals surface area (Å²) in [7, 11) is 0. The Hall–Kier alpha value is -1.30. The molecule has 4 aliphatic carbocycles. The number of aliphatic hydroxyl groups is 1. The number of hydrogen-bond acceptors (Lipinski definition) is 4. The normalized spacial score (nSPS) is 46.6. The van der Waals surface area contributed by atoms with Gasteiger partial charge in [0, 0.05) is 12.1 Å². The van der Waals surface area contributed by atoms with Gasteiger partial charge in [0.1, 0.15) is 13.2 Å². The van der Waals surface area contributed by atoms with Crippen molar-refractivity contribution in [3.05, 3.63) is 12.4 Å². The molecule has 5 nitrogen and oxygen atoms in total. The molecular formula is C23H34FN3O2. The van der Waals surface area contributed by atoms with Gasteiger partial charge in [-0.05, 0) is 92.8 Å². The number of ketones is 1. The molecule has 0 amide bonds. The number of rotatable bonds is 4. The SMILES string of the molecule is C[C@]12CC[C@H]3[C@@H](CC[C@@H]4C[C@@](O)(CF)CC[C@@H]43)[C@@H]1CC[C@@H]2C(=O)Cn1ccnn1. The van der Waals surface area contributed by atoms with Crippen LogP contribution in [0.4, 0.5) is 4.39 Å². The van der Waals surface area contributed by atoms with Crippen molar-refractivity contribution >= 4 is 5.78 Å². The quantitative estimate of drug-likeness (QED) is 0.830. The number of hydrogen-bond donors (Lipinski definition) is 1. The fourth-order valence-electron chi connectivity index (χ4n) is 8.20. The number of nitrogens with zero attached hydrogens (tertiary/aromatic N) is 3. The van der Waals surface area contributed by atoms with Gasteiger partial charge in [-0.1, -0.05) is 12.1 Å². The van der Waals surface area contributed by atoms with Crippen molar-refractivity contribution in [1.29, 1.82) is 0 Å². The van der Waals surface area contributed by atoms with Gasteiger partial charge in [-0.15, -0.1) is 5.10 Å². The second-order valence-electron chi connectivity index (χ2n) is 10.8. The van der Waals surface area contributed by atoms with Crippen LogP contribution >= 0.6 is 0 Å². The summed E-state index contributed by atoms with van der Waals surface area (Å²) in [5, 5.41) is 18.3. The summed E-state index contributed by atoms with van der Waals surface area (Å²) in [6.45, 7) is 2.12. The molecule has 4 aliphatic rings. The summed E-state index contributed by atoms with van der Waals surface area (Å²) >= 11 is 0. The lowest BCUT2D eigenvalue weighted by Crippen LogP contribution is -2.52. The number of carbonyl (C=O) groups excluding carboxylic acids is 1. The third-order valence-corrected chi connectivity index (χ3v) is 9.53. The van der Waals surface area contributed by atoms with E-state index in [0.29, 0.717) is 54.8 Å². The standard InChI is InChI=1S/C23H34FN3O2/c1-22-8-6-17-16-7-9-23(29,14-24)12-15(16)2-3-18(17)19(22)4-5-20(22)21(28)13-27-11-10-25-26-27/h10-11,15-20,29H,2-9,12-14H2,1H3/t15-,16+,17-,18-,19+,20-,22+,23-/m1/s1. The molecule has 4 saturated carbocycles. The number of fused-ring (bicyclic) bond motifs is 5. The zero-order valence-electron chi connectivity index (χ0n) is 17.5. The second-order valence-corrected chi connectivity index (χ2v) is 10.8. The molecular weight excluding hydrogens is 369 g/mol. The fourth-order valence-corrected chi connectivity index (χ4v) is 8.20. The summed E-state index contributed by atoms with van der Waals surface area (Å²) < 4.78 is 15.0. The van der Waals surface area contributed by atoms with Gasteiger partial charge in [-0.2, -0.15) is 0 Å². The average molecular weight is 404 g/mol. The smallest absolute Gasteiger partial charge is 0.157 e. The lowest BCUT2D eigenvalue weighted by atomic mass is 9.49. The van der Waals surface area contributed by atoms with Crippen LogP contribution in [0.15, 0.2) is 12.4 Å². The van der Waals surface area contributed by atoms with Crippen molar-refractivity contribution in [1.82, 2.24) is 15.0 Å². The molecule has 6 heteroatoms. The first kappa shape index (κ1) is 19.7. The number of Topliss-reactive ketones (excluding diaryl/α,β-unsaturated/α-hetero) is 1. The van der Waals surface area contributed by atoms with Crippen molar-refractivity contribution in [2.75, 3.05) is 6.67 Å². The summed E-state index contributed by atoms with van der Waals surface area (Å²) in [4.78, 5) is 13.1. The molecule has 4 fully saturated rings. The van der Waals surface area contributed by atoms with Crippen LogP contribution in [-0.2, 0) is 11.3 Å². The zero-order valence-corrected chi connectivity index (χ0v) is 17.5. The van der Waals surface area contributed by atoms with Crippen molar-refractivity contribution in [2.45, 2.75) is 76.9 Å². The fraction of sp³-hybridized carbons (Fsp3) is 0.870. The minimum absolute atomic E-state index is 0.111. The Labute approximate surface area is 172 Å². The van der Waals surface area contributed by atoms with Crippen LogP contribution in [0, 0.1) is 40.9 Å². The molecule has 1 aromatic heterocycles. The average Bonchev–Trinajstić information content (AvgIpc) is 3.34. The third-order valence-electron chi connectivity index (χ3n) is 9.53. The third kappa shape index (κ3) is 3.17. The van der Waals surface area contributed by atoms with Crippen molar-refractivity contribution in [3.8, 4) is 0 Å². The molecule has 0 unspecified atom stereocenters. The molecule has 160 valence electrons. The number of carbonyl (C=O) groups is 1. The van der Waals surface area contributed by atoms with Gasteiger partial charge in [0.2, 0.25) is 0 Å².